The summed E-state index contributed by atoms with van der Waals surface area (Å²) in [4.78, 5) is 28.1. The predicted octanol–water partition coefficient (Wildman–Crippen LogP) is 1.99. The number of aliphatic hydroxyl groups is 2. The second-order valence-corrected chi connectivity index (χ2v) is 8.28. The van der Waals surface area contributed by atoms with Crippen LogP contribution in [0.3, 0.4) is 0 Å². The van der Waals surface area contributed by atoms with Crippen LogP contribution in [0.4, 0.5) is 0 Å². The number of hydrogen-bond acceptors (Lipinski definition) is 6. The summed E-state index contributed by atoms with van der Waals surface area (Å²) < 4.78 is 10.3. The summed E-state index contributed by atoms with van der Waals surface area (Å²) in [5.74, 6) is -1.65. The summed E-state index contributed by atoms with van der Waals surface area (Å²) in [6.45, 7) is 7.12. The zero-order valence-corrected chi connectivity index (χ0v) is 18.1. The molecule has 29 heavy (non-hydrogen) atoms. The van der Waals surface area contributed by atoms with Crippen LogP contribution < -0.4 is 4.74 Å². The van der Waals surface area contributed by atoms with Gasteiger partial charge in [0.1, 0.15) is 11.4 Å². The molecule has 1 heterocycles. The molecule has 0 aromatic heterocycles. The van der Waals surface area contributed by atoms with Gasteiger partial charge in [0, 0.05) is 13.2 Å². The quantitative estimate of drug-likeness (QED) is 0.640. The molecule has 1 aromatic carbocycles. The summed E-state index contributed by atoms with van der Waals surface area (Å²) in [6.07, 6.45) is 0.0640. The largest absolute Gasteiger partial charge is 0.497 e. The van der Waals surface area contributed by atoms with Gasteiger partial charge in [0.15, 0.2) is 5.54 Å². The summed E-state index contributed by atoms with van der Waals surface area (Å²) in [6, 6.07) is 7.21. The average Bonchev–Trinajstić information content (AvgIpc) is 2.85. The lowest BCUT2D eigenvalue weighted by atomic mass is 9.65. The van der Waals surface area contributed by atoms with Gasteiger partial charge in [-0.2, -0.15) is 0 Å². The fraction of sp³-hybridized carbons (Fsp3) is 0.636. The van der Waals surface area contributed by atoms with Crippen LogP contribution in [-0.2, 0) is 20.9 Å². The lowest BCUT2D eigenvalue weighted by molar-refractivity contribution is -0.181. The van der Waals surface area contributed by atoms with Crippen molar-refractivity contribution in [2.45, 2.75) is 51.8 Å². The first-order valence-corrected chi connectivity index (χ1v) is 9.95. The number of methoxy groups -OCH3 is 2. The number of esters is 1. The number of ether oxygens (including phenoxy) is 2. The number of carbonyl (C=O) groups is 2. The minimum Gasteiger partial charge on any atom is -0.497 e. The molecule has 1 aromatic rings. The number of carbonyl (C=O) groups excluding carboxylic acids is 2. The van der Waals surface area contributed by atoms with E-state index in [0.29, 0.717) is 5.75 Å². The molecule has 0 unspecified atom stereocenters. The van der Waals surface area contributed by atoms with E-state index in [2.05, 4.69) is 0 Å². The van der Waals surface area contributed by atoms with Crippen LogP contribution in [0.2, 0.25) is 0 Å². The molecule has 2 N–H and O–H groups in total. The third-order valence-corrected chi connectivity index (χ3v) is 6.51. The summed E-state index contributed by atoms with van der Waals surface area (Å²) in [5, 5.41) is 21.1. The molecule has 1 fully saturated rings. The Labute approximate surface area is 172 Å². The molecule has 0 aliphatic carbocycles. The SMILES string of the molecule is COC(=O)[C@]1([C@@H](C)C(C)C)N(Cc2ccc(OC)cc2)C(=O)[C@H](CCO)[C@]1(C)O. The topological polar surface area (TPSA) is 96.3 Å². The lowest BCUT2D eigenvalue weighted by Crippen LogP contribution is -2.68. The number of rotatable bonds is 8. The van der Waals surface area contributed by atoms with Crippen molar-refractivity contribution in [2.75, 3.05) is 20.8 Å². The number of aliphatic hydroxyl groups excluding tert-OH is 1. The van der Waals surface area contributed by atoms with E-state index in [9.17, 15) is 19.8 Å². The first-order chi connectivity index (χ1) is 13.6. The molecule has 162 valence electrons. The van der Waals surface area contributed by atoms with E-state index >= 15 is 0 Å². The molecule has 0 radical (unpaired) electrons. The van der Waals surface area contributed by atoms with Crippen LogP contribution in [-0.4, -0.2) is 59.0 Å². The van der Waals surface area contributed by atoms with Gasteiger partial charge in [0.2, 0.25) is 5.91 Å². The maximum atomic E-state index is 13.4. The summed E-state index contributed by atoms with van der Waals surface area (Å²) in [5.41, 5.74) is -2.49. The molecular formula is C22H33NO6. The smallest absolute Gasteiger partial charge is 0.335 e. The fourth-order valence-corrected chi connectivity index (χ4v) is 4.64. The number of benzene rings is 1. The van der Waals surface area contributed by atoms with Crippen molar-refractivity contribution in [3.8, 4) is 5.75 Å². The molecule has 1 saturated heterocycles. The molecule has 4 atom stereocenters. The predicted molar refractivity (Wildman–Crippen MR) is 108 cm³/mol. The minimum absolute atomic E-state index is 0.0142. The van der Waals surface area contributed by atoms with Gasteiger partial charge in [-0.25, -0.2) is 4.79 Å². The van der Waals surface area contributed by atoms with Gasteiger partial charge in [-0.3, -0.25) is 4.79 Å². The zero-order valence-electron chi connectivity index (χ0n) is 18.1. The first-order valence-electron chi connectivity index (χ1n) is 9.95. The Morgan fingerprint density at radius 2 is 1.79 bits per heavy atom. The highest BCUT2D eigenvalue weighted by atomic mass is 16.5. The van der Waals surface area contributed by atoms with Gasteiger partial charge in [-0.05, 0) is 42.9 Å². The highest BCUT2D eigenvalue weighted by molar-refractivity contribution is 5.96. The van der Waals surface area contributed by atoms with E-state index in [1.165, 1.54) is 18.9 Å². The van der Waals surface area contributed by atoms with Crippen molar-refractivity contribution in [1.82, 2.24) is 4.90 Å². The minimum atomic E-state index is -1.71. The van der Waals surface area contributed by atoms with E-state index in [-0.39, 0.29) is 31.4 Å². The second kappa shape index (κ2) is 8.71. The maximum absolute atomic E-state index is 13.4. The Kier molecular flexibility index (Phi) is 6.96. The van der Waals surface area contributed by atoms with Crippen LogP contribution in [0.15, 0.2) is 24.3 Å². The Morgan fingerprint density at radius 1 is 1.21 bits per heavy atom. The molecule has 2 rings (SSSR count). The van der Waals surface area contributed by atoms with Crippen molar-refractivity contribution in [3.05, 3.63) is 29.8 Å². The monoisotopic (exact) mass is 407 g/mol. The molecule has 0 bridgehead atoms. The van der Waals surface area contributed by atoms with Gasteiger partial charge >= 0.3 is 5.97 Å². The molecule has 0 spiro atoms. The van der Waals surface area contributed by atoms with Gasteiger partial charge in [-0.15, -0.1) is 0 Å². The zero-order chi connectivity index (χ0) is 22.0. The maximum Gasteiger partial charge on any atom is 0.335 e. The summed E-state index contributed by atoms with van der Waals surface area (Å²) >= 11 is 0. The van der Waals surface area contributed by atoms with Crippen LogP contribution in [0.5, 0.6) is 5.75 Å². The molecule has 1 aliphatic rings. The van der Waals surface area contributed by atoms with E-state index in [1.807, 2.05) is 32.9 Å². The van der Waals surface area contributed by atoms with Gasteiger partial charge in [0.25, 0.3) is 0 Å². The van der Waals surface area contributed by atoms with Crippen molar-refractivity contribution >= 4 is 11.9 Å². The van der Waals surface area contributed by atoms with Crippen LogP contribution >= 0.6 is 0 Å². The van der Waals surface area contributed by atoms with Crippen LogP contribution in [0.25, 0.3) is 0 Å². The average molecular weight is 408 g/mol. The Balaban J connectivity index is 2.66. The number of likely N-dealkylation sites (tertiary alicyclic amines) is 1. The first kappa shape index (κ1) is 23.2. The lowest BCUT2D eigenvalue weighted by Gasteiger charge is -2.48. The van der Waals surface area contributed by atoms with Crippen molar-refractivity contribution in [3.63, 3.8) is 0 Å². The molecular weight excluding hydrogens is 374 g/mol. The van der Waals surface area contributed by atoms with Crippen molar-refractivity contribution < 1.29 is 29.3 Å². The normalized spacial score (nSPS) is 28.0. The van der Waals surface area contributed by atoms with Gasteiger partial charge < -0.3 is 24.6 Å². The molecule has 7 heteroatoms. The van der Waals surface area contributed by atoms with Crippen molar-refractivity contribution in [1.29, 1.82) is 0 Å². The Bertz CT molecular complexity index is 729. The molecule has 1 amide bonds. The highest BCUT2D eigenvalue weighted by Crippen LogP contribution is 2.51. The second-order valence-electron chi connectivity index (χ2n) is 8.28. The summed E-state index contributed by atoms with van der Waals surface area (Å²) in [7, 11) is 2.84. The van der Waals surface area contributed by atoms with E-state index in [4.69, 9.17) is 9.47 Å². The van der Waals surface area contributed by atoms with Crippen LogP contribution in [0, 0.1) is 17.8 Å². The molecule has 0 saturated carbocycles. The fourth-order valence-electron chi connectivity index (χ4n) is 4.64. The van der Waals surface area contributed by atoms with Crippen LogP contribution in [0.1, 0.15) is 39.7 Å². The van der Waals surface area contributed by atoms with Gasteiger partial charge in [0.05, 0.1) is 20.1 Å². The standard InChI is InChI=1S/C22H33NO6/c1-14(2)15(3)22(20(26)29-6)21(4,27)18(11-12-24)19(25)23(22)13-16-7-9-17(28-5)10-8-16/h7-10,14-15,18,24,27H,11-13H2,1-6H3/t15-,18-,21-,22-/m0/s1. The molecule has 7 nitrogen and oxygen atoms in total. The number of hydrogen-bond donors (Lipinski definition) is 2. The van der Waals surface area contributed by atoms with E-state index < -0.39 is 28.9 Å². The van der Waals surface area contributed by atoms with E-state index in [1.54, 1.807) is 19.2 Å². The number of nitrogens with zero attached hydrogens (tertiary/aromatic N) is 1. The third kappa shape index (κ3) is 3.62. The van der Waals surface area contributed by atoms with Gasteiger partial charge in [-0.1, -0.05) is 32.9 Å². The third-order valence-electron chi connectivity index (χ3n) is 6.51. The Hall–Kier alpha value is -2.12. The van der Waals surface area contributed by atoms with Crippen molar-refractivity contribution in [2.24, 2.45) is 17.8 Å². The number of amides is 1. The highest BCUT2D eigenvalue weighted by Gasteiger charge is 2.72. The molecule has 1 aliphatic heterocycles. The Morgan fingerprint density at radius 3 is 2.24 bits per heavy atom. The van der Waals surface area contributed by atoms with E-state index in [0.717, 1.165) is 5.56 Å².